The van der Waals surface area contributed by atoms with Crippen LogP contribution in [-0.4, -0.2) is 53.0 Å². The van der Waals surface area contributed by atoms with Gasteiger partial charge in [-0.3, -0.25) is 0 Å². The summed E-state index contributed by atoms with van der Waals surface area (Å²) in [7, 11) is 1.55. The third kappa shape index (κ3) is 5.26. The molecule has 1 aromatic heterocycles. The predicted octanol–water partition coefficient (Wildman–Crippen LogP) is 0.942. The number of aryl methyl sites for hydroxylation is 1. The third-order valence-corrected chi connectivity index (χ3v) is 2.97. The minimum atomic E-state index is -0.467. The van der Waals surface area contributed by atoms with E-state index in [1.807, 2.05) is 0 Å². The Bertz CT molecular complexity index is 406. The number of hydrogen-bond donors (Lipinski definition) is 1. The Labute approximate surface area is 118 Å². The first-order chi connectivity index (χ1) is 9.70. The van der Waals surface area contributed by atoms with Gasteiger partial charge < -0.3 is 14.6 Å². The number of hydrogen-bond acceptors (Lipinski definition) is 6. The number of nitrogens with zero attached hydrogens (tertiary/aromatic N) is 3. The second-order valence-corrected chi connectivity index (χ2v) is 4.51. The highest BCUT2D eigenvalue weighted by molar-refractivity contribution is 5.88. The molecule has 0 aliphatic carbocycles. The number of aliphatic hydroxyl groups is 1. The quantitative estimate of drug-likeness (QED) is 0.508. The number of aromatic nitrogens is 3. The smallest absolute Gasteiger partial charge is 0.360 e. The third-order valence-electron chi connectivity index (χ3n) is 2.97. The number of rotatable bonds is 10. The van der Waals surface area contributed by atoms with Crippen LogP contribution in [0.5, 0.6) is 0 Å². The Kier molecular flexibility index (Phi) is 7.82. The average Bonchev–Trinajstić information content (AvgIpc) is 2.80. The van der Waals surface area contributed by atoms with E-state index >= 15 is 0 Å². The van der Waals surface area contributed by atoms with E-state index in [4.69, 9.17) is 14.6 Å². The van der Waals surface area contributed by atoms with Crippen molar-refractivity contribution in [3.8, 4) is 0 Å². The summed E-state index contributed by atoms with van der Waals surface area (Å²) in [6.07, 6.45) is 3.79. The monoisotopic (exact) mass is 285 g/mol. The van der Waals surface area contributed by atoms with Gasteiger partial charge in [0.25, 0.3) is 0 Å². The van der Waals surface area contributed by atoms with E-state index < -0.39 is 5.97 Å². The average molecular weight is 285 g/mol. The lowest BCUT2D eigenvalue weighted by Crippen LogP contribution is -2.12. The molecule has 7 heteroatoms. The van der Waals surface area contributed by atoms with Gasteiger partial charge in [0.05, 0.1) is 12.3 Å². The van der Waals surface area contributed by atoms with Gasteiger partial charge >= 0.3 is 5.97 Å². The van der Waals surface area contributed by atoms with Crippen LogP contribution < -0.4 is 0 Å². The van der Waals surface area contributed by atoms with Crippen LogP contribution in [0.4, 0.5) is 0 Å². The number of aliphatic hydroxyl groups excluding tert-OH is 1. The van der Waals surface area contributed by atoms with Gasteiger partial charge in [0.15, 0.2) is 5.69 Å². The fourth-order valence-electron chi connectivity index (χ4n) is 1.77. The highest BCUT2D eigenvalue weighted by Crippen LogP contribution is 2.08. The first-order valence-corrected chi connectivity index (χ1v) is 6.87. The zero-order valence-corrected chi connectivity index (χ0v) is 12.2. The summed E-state index contributed by atoms with van der Waals surface area (Å²) in [6, 6.07) is 0. The summed E-state index contributed by atoms with van der Waals surface area (Å²) < 4.78 is 11.5. The molecule has 0 aromatic carbocycles. The van der Waals surface area contributed by atoms with Gasteiger partial charge in [0.1, 0.15) is 6.61 Å². The topological polar surface area (TPSA) is 86.5 Å². The van der Waals surface area contributed by atoms with E-state index in [-0.39, 0.29) is 18.9 Å². The molecule has 1 heterocycles. The zero-order chi connectivity index (χ0) is 14.8. The largest absolute Gasteiger partial charge is 0.458 e. The molecule has 1 aromatic rings. The maximum Gasteiger partial charge on any atom is 0.360 e. The van der Waals surface area contributed by atoms with Gasteiger partial charge in [0.2, 0.25) is 0 Å². The number of unbranched alkanes of at least 4 members (excludes halogenated alkanes) is 3. The maximum atomic E-state index is 11.7. The van der Waals surface area contributed by atoms with E-state index in [2.05, 4.69) is 10.3 Å². The van der Waals surface area contributed by atoms with E-state index in [0.717, 1.165) is 37.9 Å². The van der Waals surface area contributed by atoms with E-state index in [1.54, 1.807) is 18.7 Å². The van der Waals surface area contributed by atoms with Crippen molar-refractivity contribution in [1.29, 1.82) is 0 Å². The van der Waals surface area contributed by atoms with Crippen LogP contribution in [0.25, 0.3) is 0 Å². The van der Waals surface area contributed by atoms with E-state index in [1.165, 1.54) is 0 Å². The molecule has 0 amide bonds. The molecule has 0 saturated carbocycles. The molecule has 0 fully saturated rings. The summed E-state index contributed by atoms with van der Waals surface area (Å²) in [4.78, 5) is 11.7. The van der Waals surface area contributed by atoms with Crippen molar-refractivity contribution in [3.63, 3.8) is 0 Å². The first kappa shape index (κ1) is 16.6. The number of carbonyl (C=O) groups is 1. The molecule has 20 heavy (non-hydrogen) atoms. The van der Waals surface area contributed by atoms with Crippen molar-refractivity contribution >= 4 is 5.97 Å². The van der Waals surface area contributed by atoms with Crippen LogP contribution in [-0.2, 0) is 16.0 Å². The van der Waals surface area contributed by atoms with Crippen LogP contribution in [0.2, 0.25) is 0 Å². The molecule has 1 N–H and O–H groups in total. The molecule has 1 rings (SSSR count). The highest BCUT2D eigenvalue weighted by atomic mass is 16.6. The SMILES string of the molecule is COCCOC(=O)c1nnn(CCCCCCO)c1C. The van der Waals surface area contributed by atoms with Gasteiger partial charge in [-0.1, -0.05) is 18.1 Å². The summed E-state index contributed by atoms with van der Waals surface area (Å²) in [5.74, 6) is -0.467. The lowest BCUT2D eigenvalue weighted by Gasteiger charge is -2.04. The van der Waals surface area contributed by atoms with Crippen molar-refractivity contribution in [2.24, 2.45) is 0 Å². The summed E-state index contributed by atoms with van der Waals surface area (Å²) in [5, 5.41) is 16.5. The van der Waals surface area contributed by atoms with Crippen molar-refractivity contribution < 1.29 is 19.4 Å². The van der Waals surface area contributed by atoms with E-state index in [9.17, 15) is 4.79 Å². The second-order valence-electron chi connectivity index (χ2n) is 4.51. The summed E-state index contributed by atoms with van der Waals surface area (Å²) in [5.41, 5.74) is 0.978. The standard InChI is InChI=1S/C13H23N3O4/c1-11-12(13(18)20-10-9-19-2)14-15-16(11)7-5-3-4-6-8-17/h17H,3-10H2,1-2H3. The zero-order valence-electron chi connectivity index (χ0n) is 12.2. The van der Waals surface area contributed by atoms with Crippen molar-refractivity contribution in [3.05, 3.63) is 11.4 Å². The van der Waals surface area contributed by atoms with Crippen LogP contribution >= 0.6 is 0 Å². The van der Waals surface area contributed by atoms with E-state index in [0.29, 0.717) is 6.61 Å². The Balaban J connectivity index is 2.41. The highest BCUT2D eigenvalue weighted by Gasteiger charge is 2.17. The molecule has 114 valence electrons. The van der Waals surface area contributed by atoms with Crippen LogP contribution in [0.3, 0.4) is 0 Å². The van der Waals surface area contributed by atoms with Crippen molar-refractivity contribution in [1.82, 2.24) is 15.0 Å². The summed E-state index contributed by atoms with van der Waals surface area (Å²) in [6.45, 7) is 3.34. The Morgan fingerprint density at radius 3 is 2.70 bits per heavy atom. The van der Waals surface area contributed by atoms with Gasteiger partial charge in [0, 0.05) is 20.3 Å². The number of methoxy groups -OCH3 is 1. The molecule has 0 aliphatic heterocycles. The number of esters is 1. The van der Waals surface area contributed by atoms with Crippen LogP contribution in [0.1, 0.15) is 41.9 Å². The molecule has 0 aliphatic rings. The molecule has 0 bridgehead atoms. The molecule has 0 saturated heterocycles. The van der Waals surface area contributed by atoms with Gasteiger partial charge in [-0.05, 0) is 19.8 Å². The first-order valence-electron chi connectivity index (χ1n) is 6.87. The molecule has 0 atom stereocenters. The molecule has 0 radical (unpaired) electrons. The second kappa shape index (κ2) is 9.44. The van der Waals surface area contributed by atoms with Gasteiger partial charge in [-0.25, -0.2) is 9.48 Å². The molecular formula is C13H23N3O4. The fraction of sp³-hybridized carbons (Fsp3) is 0.769. The number of carbonyl (C=O) groups excluding carboxylic acids is 1. The lowest BCUT2D eigenvalue weighted by molar-refractivity contribution is 0.0380. The number of ether oxygens (including phenoxy) is 2. The predicted molar refractivity (Wildman–Crippen MR) is 72.5 cm³/mol. The lowest BCUT2D eigenvalue weighted by atomic mass is 10.2. The van der Waals surface area contributed by atoms with Crippen molar-refractivity contribution in [2.45, 2.75) is 39.2 Å². The summed E-state index contributed by atoms with van der Waals surface area (Å²) >= 11 is 0. The molecule has 0 spiro atoms. The van der Waals surface area contributed by atoms with Crippen LogP contribution in [0.15, 0.2) is 0 Å². The molecule has 0 unspecified atom stereocenters. The maximum absolute atomic E-state index is 11.7. The Hall–Kier alpha value is -1.47. The van der Waals surface area contributed by atoms with Crippen LogP contribution in [0, 0.1) is 6.92 Å². The van der Waals surface area contributed by atoms with Gasteiger partial charge in [-0.2, -0.15) is 0 Å². The molecule has 7 nitrogen and oxygen atoms in total. The van der Waals surface area contributed by atoms with Gasteiger partial charge in [-0.15, -0.1) is 5.10 Å². The Morgan fingerprint density at radius 1 is 1.25 bits per heavy atom. The molecular weight excluding hydrogens is 262 g/mol. The van der Waals surface area contributed by atoms with Crippen molar-refractivity contribution in [2.75, 3.05) is 26.9 Å². The minimum Gasteiger partial charge on any atom is -0.458 e. The normalized spacial score (nSPS) is 10.8. The minimum absolute atomic E-state index is 0.211. The fourth-order valence-corrected chi connectivity index (χ4v) is 1.77. The Morgan fingerprint density at radius 2 is 2.00 bits per heavy atom.